The van der Waals surface area contributed by atoms with Crippen LogP contribution in [0.4, 0.5) is 5.69 Å². The highest BCUT2D eigenvalue weighted by Crippen LogP contribution is 2.52. The summed E-state index contributed by atoms with van der Waals surface area (Å²) >= 11 is 1.62. The number of anilines is 1. The van der Waals surface area contributed by atoms with Gasteiger partial charge in [0.05, 0.1) is 15.8 Å². The van der Waals surface area contributed by atoms with Crippen LogP contribution in [0.5, 0.6) is 0 Å². The number of thiazole rings is 1. The molecule has 41 heavy (non-hydrogen) atoms. The van der Waals surface area contributed by atoms with Gasteiger partial charge in [-0.1, -0.05) is 83.1 Å². The molecule has 2 aliphatic rings. The van der Waals surface area contributed by atoms with Crippen LogP contribution >= 0.6 is 11.3 Å². The van der Waals surface area contributed by atoms with Crippen molar-refractivity contribution in [3.05, 3.63) is 81.7 Å². The summed E-state index contributed by atoms with van der Waals surface area (Å²) in [6.07, 6.45) is 2.90. The zero-order valence-corrected chi connectivity index (χ0v) is 25.2. The molecular weight excluding hydrogens is 524 g/mol. The molecule has 2 aromatic heterocycles. The Kier molecular flexibility index (Phi) is 5.14. The van der Waals surface area contributed by atoms with Crippen molar-refractivity contribution in [3.8, 4) is 10.6 Å². The maximum Gasteiger partial charge on any atom is 0.346 e. The topological polar surface area (TPSA) is 46.3 Å². The van der Waals surface area contributed by atoms with Crippen molar-refractivity contribution in [2.24, 2.45) is 0 Å². The molecule has 0 N–H and O–H groups in total. The number of benzene rings is 4. The van der Waals surface area contributed by atoms with Gasteiger partial charge in [-0.25, -0.2) is 9.78 Å². The van der Waals surface area contributed by atoms with Crippen molar-refractivity contribution >= 4 is 59.8 Å². The summed E-state index contributed by atoms with van der Waals surface area (Å²) in [6.45, 7) is 13.6. The smallest absolute Gasteiger partial charge is 0.346 e. The van der Waals surface area contributed by atoms with Gasteiger partial charge >= 0.3 is 5.63 Å². The lowest BCUT2D eigenvalue weighted by molar-refractivity contribution is 0.398. The zero-order chi connectivity index (χ0) is 28.3. The predicted molar refractivity (Wildman–Crippen MR) is 173 cm³/mol. The van der Waals surface area contributed by atoms with Gasteiger partial charge < -0.3 is 9.32 Å². The molecule has 0 aliphatic carbocycles. The van der Waals surface area contributed by atoms with E-state index in [0.29, 0.717) is 5.56 Å². The first-order chi connectivity index (χ1) is 19.7. The van der Waals surface area contributed by atoms with Gasteiger partial charge in [-0.05, 0) is 58.1 Å². The summed E-state index contributed by atoms with van der Waals surface area (Å²) in [4.78, 5) is 21.8. The normalized spacial score (nSPS) is 17.5. The van der Waals surface area contributed by atoms with Crippen molar-refractivity contribution < 1.29 is 4.42 Å². The molecule has 8 rings (SSSR count). The van der Waals surface area contributed by atoms with Crippen LogP contribution in [0.1, 0.15) is 64.2 Å². The Balaban J connectivity index is 1.49. The van der Waals surface area contributed by atoms with Crippen LogP contribution in [-0.4, -0.2) is 18.1 Å². The van der Waals surface area contributed by atoms with Gasteiger partial charge in [0.1, 0.15) is 10.6 Å². The molecule has 5 heteroatoms. The Hall–Kier alpha value is -3.70. The van der Waals surface area contributed by atoms with Gasteiger partial charge in [0.15, 0.2) is 0 Å². The summed E-state index contributed by atoms with van der Waals surface area (Å²) in [7, 11) is 0. The summed E-state index contributed by atoms with van der Waals surface area (Å²) in [5, 5.41) is 6.53. The first-order valence-electron chi connectivity index (χ1n) is 14.8. The molecule has 0 amide bonds. The fourth-order valence-electron chi connectivity index (χ4n) is 7.50. The SMILES string of the molecule is CCc1c(-c2nc3c4ccccc4c4ccccc4c3s2)c(=O)oc2c3c4c(cc12)C(C)(C)CCN4CCC3(C)C. The minimum atomic E-state index is -0.277. The van der Waals surface area contributed by atoms with E-state index in [2.05, 4.69) is 94.1 Å². The van der Waals surface area contributed by atoms with Crippen LogP contribution in [0.25, 0.3) is 53.3 Å². The van der Waals surface area contributed by atoms with Crippen LogP contribution < -0.4 is 10.5 Å². The second-order valence-electron chi connectivity index (χ2n) is 13.2. The minimum Gasteiger partial charge on any atom is -0.422 e. The molecule has 0 spiro atoms. The number of hydrogen-bond donors (Lipinski definition) is 0. The van der Waals surface area contributed by atoms with Crippen LogP contribution in [0.2, 0.25) is 0 Å². The number of nitrogens with zero attached hydrogens (tertiary/aromatic N) is 2. The Morgan fingerprint density at radius 1 is 0.878 bits per heavy atom. The Morgan fingerprint density at radius 3 is 2.22 bits per heavy atom. The molecule has 4 nitrogen and oxygen atoms in total. The molecule has 0 saturated heterocycles. The van der Waals surface area contributed by atoms with Crippen molar-refractivity contribution in [1.82, 2.24) is 4.98 Å². The van der Waals surface area contributed by atoms with Gasteiger partial charge in [0.25, 0.3) is 0 Å². The fraction of sp³-hybridized carbons (Fsp3) is 0.333. The molecular formula is C36H34N2O2S. The van der Waals surface area contributed by atoms with E-state index >= 15 is 0 Å². The third kappa shape index (κ3) is 3.39. The second-order valence-corrected chi connectivity index (χ2v) is 14.2. The number of aromatic nitrogens is 1. The molecule has 0 radical (unpaired) electrons. The minimum absolute atomic E-state index is 0.0528. The maximum atomic E-state index is 14.1. The molecule has 0 atom stereocenters. The molecule has 6 aromatic rings. The Labute approximate surface area is 243 Å². The van der Waals surface area contributed by atoms with Gasteiger partial charge in [-0.2, -0.15) is 0 Å². The quantitative estimate of drug-likeness (QED) is 0.157. The lowest BCUT2D eigenvalue weighted by atomic mass is 9.69. The van der Waals surface area contributed by atoms with Crippen LogP contribution in [0, 0.1) is 0 Å². The summed E-state index contributed by atoms with van der Waals surface area (Å²) in [5.41, 5.74) is 7.01. The number of rotatable bonds is 2. The maximum absolute atomic E-state index is 14.1. The monoisotopic (exact) mass is 558 g/mol. The first kappa shape index (κ1) is 25.0. The standard InChI is InChI=1S/C36H34N2O2S/c1-6-20-25-19-26-30-28(36(4,5)16-18-38(30)17-15-35(26,2)3)31(25)40-34(39)27(20)33-37-29-23-13-9-7-11-21(23)22-12-8-10-14-24(22)32(29)41-33/h7-14,19H,6,15-18H2,1-5H3. The lowest BCUT2D eigenvalue weighted by Gasteiger charge is -2.48. The van der Waals surface area contributed by atoms with E-state index in [1.165, 1.54) is 33.0 Å². The summed E-state index contributed by atoms with van der Waals surface area (Å²) in [6, 6.07) is 19.3. The van der Waals surface area contributed by atoms with E-state index in [9.17, 15) is 4.79 Å². The van der Waals surface area contributed by atoms with Gasteiger partial charge in [0.2, 0.25) is 0 Å². The van der Waals surface area contributed by atoms with Crippen LogP contribution in [0.15, 0.2) is 63.8 Å². The largest absolute Gasteiger partial charge is 0.422 e. The van der Waals surface area contributed by atoms with E-state index in [4.69, 9.17) is 9.40 Å². The number of fused-ring (bicyclic) bond motifs is 8. The van der Waals surface area contributed by atoms with Crippen molar-refractivity contribution in [2.75, 3.05) is 18.0 Å². The van der Waals surface area contributed by atoms with E-state index < -0.39 is 0 Å². The van der Waals surface area contributed by atoms with Gasteiger partial charge in [-0.3, -0.25) is 0 Å². The third-order valence-corrected chi connectivity index (χ3v) is 11.0. The number of hydrogen-bond acceptors (Lipinski definition) is 5. The van der Waals surface area contributed by atoms with E-state index in [1.54, 1.807) is 11.3 Å². The zero-order valence-electron chi connectivity index (χ0n) is 24.4. The number of aryl methyl sites for hydroxylation is 1. The highest BCUT2D eigenvalue weighted by Gasteiger charge is 2.42. The Bertz CT molecular complexity index is 2060. The van der Waals surface area contributed by atoms with Crippen molar-refractivity contribution in [2.45, 2.75) is 64.7 Å². The highest BCUT2D eigenvalue weighted by molar-refractivity contribution is 7.22. The highest BCUT2D eigenvalue weighted by atomic mass is 32.1. The average molecular weight is 559 g/mol. The average Bonchev–Trinajstić information content (AvgIpc) is 3.40. The molecule has 0 fully saturated rings. The fourth-order valence-corrected chi connectivity index (χ4v) is 8.68. The Morgan fingerprint density at radius 2 is 1.51 bits per heavy atom. The summed E-state index contributed by atoms with van der Waals surface area (Å²) in [5.74, 6) is 0. The lowest BCUT2D eigenvalue weighted by Crippen LogP contribution is -2.44. The second kappa shape index (κ2) is 8.42. The van der Waals surface area contributed by atoms with Gasteiger partial charge in [0, 0.05) is 40.5 Å². The molecule has 4 heterocycles. The molecule has 0 saturated carbocycles. The van der Waals surface area contributed by atoms with E-state index in [-0.39, 0.29) is 16.5 Å². The third-order valence-electron chi connectivity index (χ3n) is 9.85. The van der Waals surface area contributed by atoms with Crippen molar-refractivity contribution in [1.29, 1.82) is 0 Å². The van der Waals surface area contributed by atoms with Crippen LogP contribution in [-0.2, 0) is 17.3 Å². The molecule has 4 aromatic carbocycles. The predicted octanol–water partition coefficient (Wildman–Crippen LogP) is 9.11. The molecule has 206 valence electrons. The molecule has 0 unspecified atom stereocenters. The van der Waals surface area contributed by atoms with E-state index in [1.807, 2.05) is 0 Å². The summed E-state index contributed by atoms with van der Waals surface area (Å²) < 4.78 is 7.54. The van der Waals surface area contributed by atoms with Crippen molar-refractivity contribution in [3.63, 3.8) is 0 Å². The molecule has 2 aliphatic heterocycles. The van der Waals surface area contributed by atoms with E-state index in [0.717, 1.165) is 69.5 Å². The first-order valence-corrected chi connectivity index (χ1v) is 15.6. The van der Waals surface area contributed by atoms with Gasteiger partial charge in [-0.15, -0.1) is 11.3 Å². The molecule has 0 bridgehead atoms. The van der Waals surface area contributed by atoms with Crippen LogP contribution in [0.3, 0.4) is 0 Å².